The van der Waals surface area contributed by atoms with E-state index in [1.54, 1.807) is 6.92 Å². The average Bonchev–Trinajstić information content (AvgIpc) is 2.50. The lowest BCUT2D eigenvalue weighted by Gasteiger charge is -2.05. The number of carbonyl (C=O) groups is 1. The van der Waals surface area contributed by atoms with Gasteiger partial charge >= 0.3 is 0 Å². The third-order valence-corrected chi connectivity index (χ3v) is 2.57. The Morgan fingerprint density at radius 2 is 2.43 bits per heavy atom. The Hall–Kier alpha value is -1.01. The topological polar surface area (TPSA) is 80.9 Å². The van der Waals surface area contributed by atoms with Gasteiger partial charge in [0, 0.05) is 12.6 Å². The summed E-state index contributed by atoms with van der Waals surface area (Å²) in [6.45, 7) is 4.27. The fourth-order valence-corrected chi connectivity index (χ4v) is 1.51. The lowest BCUT2D eigenvalue weighted by atomic mass is 10.2. The minimum absolute atomic E-state index is 0.107. The van der Waals surface area contributed by atoms with Crippen molar-refractivity contribution in [3.05, 3.63) is 10.6 Å². The van der Waals surface area contributed by atoms with Gasteiger partial charge in [-0.15, -0.1) is 5.10 Å². The van der Waals surface area contributed by atoms with Crippen LogP contribution in [0, 0.1) is 6.92 Å². The minimum Gasteiger partial charge on any atom is -0.351 e. The molecule has 78 valence electrons. The lowest BCUT2D eigenvalue weighted by Crippen LogP contribution is -2.28. The van der Waals surface area contributed by atoms with Crippen LogP contribution >= 0.6 is 11.5 Å². The zero-order valence-corrected chi connectivity index (χ0v) is 9.10. The molecule has 1 rings (SSSR count). The van der Waals surface area contributed by atoms with E-state index in [2.05, 4.69) is 14.9 Å². The molecule has 1 amide bonds. The highest BCUT2D eigenvalue weighted by molar-refractivity contribution is 7.07. The van der Waals surface area contributed by atoms with E-state index in [0.29, 0.717) is 17.1 Å². The normalized spacial score (nSPS) is 12.5. The Balaban J connectivity index is 2.40. The molecule has 0 fully saturated rings. The number of amides is 1. The van der Waals surface area contributed by atoms with Crippen molar-refractivity contribution in [2.45, 2.75) is 26.3 Å². The molecule has 0 radical (unpaired) electrons. The van der Waals surface area contributed by atoms with Crippen molar-refractivity contribution < 1.29 is 4.79 Å². The zero-order chi connectivity index (χ0) is 10.6. The fourth-order valence-electron chi connectivity index (χ4n) is 0.933. The van der Waals surface area contributed by atoms with Crippen LogP contribution < -0.4 is 11.1 Å². The Morgan fingerprint density at radius 1 is 1.71 bits per heavy atom. The summed E-state index contributed by atoms with van der Waals surface area (Å²) in [5.74, 6) is -0.113. The highest BCUT2D eigenvalue weighted by Gasteiger charge is 2.11. The monoisotopic (exact) mass is 214 g/mol. The number of hydrogen-bond acceptors (Lipinski definition) is 5. The van der Waals surface area contributed by atoms with Gasteiger partial charge in [-0.25, -0.2) is 0 Å². The summed E-state index contributed by atoms with van der Waals surface area (Å²) in [6, 6.07) is 0.107. The van der Waals surface area contributed by atoms with Crippen LogP contribution in [0.5, 0.6) is 0 Å². The summed E-state index contributed by atoms with van der Waals surface area (Å²) >= 11 is 1.11. The van der Waals surface area contributed by atoms with Crippen LogP contribution in [-0.2, 0) is 0 Å². The molecule has 0 aliphatic heterocycles. The Bertz CT molecular complexity index is 310. The van der Waals surface area contributed by atoms with Crippen molar-refractivity contribution in [3.8, 4) is 0 Å². The molecule has 3 N–H and O–H groups in total. The molecular formula is C8H14N4OS. The molecule has 0 aliphatic carbocycles. The Morgan fingerprint density at radius 3 is 2.93 bits per heavy atom. The van der Waals surface area contributed by atoms with Crippen LogP contribution in [0.25, 0.3) is 0 Å². The van der Waals surface area contributed by atoms with E-state index in [-0.39, 0.29) is 11.9 Å². The van der Waals surface area contributed by atoms with Crippen LogP contribution in [0.1, 0.15) is 28.7 Å². The van der Waals surface area contributed by atoms with Crippen molar-refractivity contribution in [2.24, 2.45) is 5.73 Å². The number of aryl methyl sites for hydroxylation is 1. The SMILES string of the molecule is Cc1nnsc1C(=O)NCCC(C)N. The number of carbonyl (C=O) groups excluding carboxylic acids is 1. The fraction of sp³-hybridized carbons (Fsp3) is 0.625. The number of nitrogens with two attached hydrogens (primary N) is 1. The van der Waals surface area contributed by atoms with Crippen molar-refractivity contribution in [1.82, 2.24) is 14.9 Å². The molecule has 6 heteroatoms. The molecule has 0 saturated heterocycles. The molecule has 1 aromatic heterocycles. The van der Waals surface area contributed by atoms with Gasteiger partial charge in [0.05, 0.1) is 5.69 Å². The average molecular weight is 214 g/mol. The predicted octanol–water partition coefficient (Wildman–Crippen LogP) is 0.314. The highest BCUT2D eigenvalue weighted by atomic mass is 32.1. The van der Waals surface area contributed by atoms with Crippen LogP contribution in [0.3, 0.4) is 0 Å². The summed E-state index contributed by atoms with van der Waals surface area (Å²) < 4.78 is 3.69. The zero-order valence-electron chi connectivity index (χ0n) is 8.28. The van der Waals surface area contributed by atoms with E-state index >= 15 is 0 Å². The largest absolute Gasteiger partial charge is 0.351 e. The Labute approximate surface area is 86.9 Å². The number of hydrogen-bond donors (Lipinski definition) is 2. The van der Waals surface area contributed by atoms with E-state index in [4.69, 9.17) is 5.73 Å². The molecule has 1 heterocycles. The molecule has 0 aliphatic rings. The molecule has 0 aromatic carbocycles. The highest BCUT2D eigenvalue weighted by Crippen LogP contribution is 2.08. The quantitative estimate of drug-likeness (QED) is 0.756. The number of nitrogens with zero attached hydrogens (tertiary/aromatic N) is 2. The lowest BCUT2D eigenvalue weighted by molar-refractivity contribution is 0.0956. The molecule has 5 nitrogen and oxygen atoms in total. The maximum atomic E-state index is 11.5. The molecule has 0 spiro atoms. The van der Waals surface area contributed by atoms with Gasteiger partial charge in [0.2, 0.25) is 0 Å². The van der Waals surface area contributed by atoms with Crippen LogP contribution in [-0.4, -0.2) is 28.1 Å². The van der Waals surface area contributed by atoms with Gasteiger partial charge in [-0.1, -0.05) is 4.49 Å². The van der Waals surface area contributed by atoms with Crippen molar-refractivity contribution >= 4 is 17.4 Å². The maximum absolute atomic E-state index is 11.5. The van der Waals surface area contributed by atoms with Crippen LogP contribution in [0.15, 0.2) is 0 Å². The summed E-state index contributed by atoms with van der Waals surface area (Å²) in [5.41, 5.74) is 6.23. The first-order valence-corrected chi connectivity index (χ1v) is 5.21. The third kappa shape index (κ3) is 3.04. The first-order valence-electron chi connectivity index (χ1n) is 4.44. The van der Waals surface area contributed by atoms with Gasteiger partial charge in [0.1, 0.15) is 4.88 Å². The molecule has 0 bridgehead atoms. The number of aromatic nitrogens is 2. The van der Waals surface area contributed by atoms with E-state index in [1.165, 1.54) is 0 Å². The summed E-state index contributed by atoms with van der Waals surface area (Å²) in [7, 11) is 0. The van der Waals surface area contributed by atoms with Crippen molar-refractivity contribution in [1.29, 1.82) is 0 Å². The van der Waals surface area contributed by atoms with Gasteiger partial charge in [-0.2, -0.15) is 0 Å². The minimum atomic E-state index is -0.113. The van der Waals surface area contributed by atoms with Gasteiger partial charge < -0.3 is 11.1 Å². The first-order chi connectivity index (χ1) is 6.61. The smallest absolute Gasteiger partial charge is 0.264 e. The molecule has 1 aromatic rings. The molecule has 0 saturated carbocycles. The third-order valence-electron chi connectivity index (χ3n) is 1.74. The van der Waals surface area contributed by atoms with Gasteiger partial charge in [-0.05, 0) is 31.8 Å². The van der Waals surface area contributed by atoms with Gasteiger partial charge in [-0.3, -0.25) is 4.79 Å². The second-order valence-corrected chi connectivity index (χ2v) is 3.96. The van der Waals surface area contributed by atoms with Crippen LogP contribution in [0.2, 0.25) is 0 Å². The second kappa shape index (κ2) is 5.02. The molecular weight excluding hydrogens is 200 g/mol. The maximum Gasteiger partial charge on any atom is 0.264 e. The van der Waals surface area contributed by atoms with Gasteiger partial charge in [0.15, 0.2) is 0 Å². The Kier molecular flexibility index (Phi) is 3.97. The second-order valence-electron chi connectivity index (χ2n) is 3.21. The summed E-state index contributed by atoms with van der Waals surface area (Å²) in [6.07, 6.45) is 0.775. The number of rotatable bonds is 4. The summed E-state index contributed by atoms with van der Waals surface area (Å²) in [4.78, 5) is 12.1. The van der Waals surface area contributed by atoms with Gasteiger partial charge in [0.25, 0.3) is 5.91 Å². The van der Waals surface area contributed by atoms with E-state index in [9.17, 15) is 4.79 Å². The first kappa shape index (κ1) is 11.1. The molecule has 1 unspecified atom stereocenters. The van der Waals surface area contributed by atoms with Crippen molar-refractivity contribution in [3.63, 3.8) is 0 Å². The standard InChI is InChI=1S/C8H14N4OS/c1-5(9)3-4-10-8(13)7-6(2)11-12-14-7/h5H,3-4,9H2,1-2H3,(H,10,13). The molecule has 14 heavy (non-hydrogen) atoms. The van der Waals surface area contributed by atoms with E-state index < -0.39 is 0 Å². The van der Waals surface area contributed by atoms with E-state index in [1.807, 2.05) is 6.92 Å². The molecule has 1 atom stereocenters. The predicted molar refractivity (Wildman–Crippen MR) is 55.2 cm³/mol. The van der Waals surface area contributed by atoms with E-state index in [0.717, 1.165) is 18.0 Å². The van der Waals surface area contributed by atoms with Crippen molar-refractivity contribution in [2.75, 3.05) is 6.54 Å². The summed E-state index contributed by atoms with van der Waals surface area (Å²) in [5, 5.41) is 6.53. The van der Waals surface area contributed by atoms with Crippen LogP contribution in [0.4, 0.5) is 0 Å². The number of nitrogens with one attached hydrogen (secondary N) is 1.